The molecule has 1 atom stereocenters. The van der Waals surface area contributed by atoms with Gasteiger partial charge in [0.05, 0.1) is 12.0 Å². The molecule has 0 bridgehead atoms. The number of nitrogens with zero attached hydrogens (tertiary/aromatic N) is 1. The lowest BCUT2D eigenvalue weighted by molar-refractivity contribution is 0.0703. The number of hydrogen-bond donors (Lipinski definition) is 1. The number of piperidine rings is 1. The summed E-state index contributed by atoms with van der Waals surface area (Å²) in [7, 11) is -2.11. The maximum Gasteiger partial charge on any atom is 0.253 e. The van der Waals surface area contributed by atoms with Crippen LogP contribution in [0.4, 0.5) is 0 Å². The summed E-state index contributed by atoms with van der Waals surface area (Å²) in [6.07, 6.45) is 1.46. The van der Waals surface area contributed by atoms with Crippen molar-refractivity contribution in [2.24, 2.45) is 0 Å². The fraction of sp³-hybridized carbons (Fsp3) is 0.316. The van der Waals surface area contributed by atoms with Crippen LogP contribution >= 0.6 is 0 Å². The van der Waals surface area contributed by atoms with Crippen molar-refractivity contribution in [2.45, 2.75) is 23.8 Å². The van der Waals surface area contributed by atoms with Gasteiger partial charge in [-0.3, -0.25) is 4.79 Å². The lowest BCUT2D eigenvalue weighted by atomic mass is 10.1. The van der Waals surface area contributed by atoms with E-state index in [-0.39, 0.29) is 16.8 Å². The average molecular weight is 374 g/mol. The fourth-order valence-electron chi connectivity index (χ4n) is 3.06. The minimum atomic E-state index is -3.64. The molecule has 7 heteroatoms. The van der Waals surface area contributed by atoms with Crippen LogP contribution in [-0.2, 0) is 10.0 Å². The Morgan fingerprint density at radius 3 is 2.46 bits per heavy atom. The van der Waals surface area contributed by atoms with Crippen molar-refractivity contribution in [3.8, 4) is 5.75 Å². The summed E-state index contributed by atoms with van der Waals surface area (Å²) in [5.41, 5.74) is 0.617. The van der Waals surface area contributed by atoms with Crippen molar-refractivity contribution in [1.82, 2.24) is 9.62 Å². The van der Waals surface area contributed by atoms with Gasteiger partial charge in [-0.1, -0.05) is 18.2 Å². The molecule has 1 amide bonds. The summed E-state index contributed by atoms with van der Waals surface area (Å²) in [6, 6.07) is 15.0. The molecule has 1 N–H and O–H groups in total. The van der Waals surface area contributed by atoms with E-state index in [2.05, 4.69) is 4.72 Å². The van der Waals surface area contributed by atoms with Crippen molar-refractivity contribution in [2.75, 3.05) is 20.2 Å². The first-order valence-corrected chi connectivity index (χ1v) is 9.98. The number of likely N-dealkylation sites (tertiary alicyclic amines) is 1. The molecule has 1 unspecified atom stereocenters. The molecule has 0 aromatic heterocycles. The van der Waals surface area contributed by atoms with Gasteiger partial charge in [0.1, 0.15) is 5.75 Å². The molecule has 0 aliphatic carbocycles. The molecule has 0 saturated carbocycles. The van der Waals surface area contributed by atoms with Crippen molar-refractivity contribution in [3.05, 3.63) is 60.2 Å². The van der Waals surface area contributed by atoms with E-state index in [1.807, 2.05) is 18.2 Å². The molecule has 2 aromatic rings. The van der Waals surface area contributed by atoms with Gasteiger partial charge >= 0.3 is 0 Å². The van der Waals surface area contributed by atoms with Gasteiger partial charge < -0.3 is 9.64 Å². The fourth-order valence-corrected chi connectivity index (χ4v) is 4.33. The Labute approximate surface area is 153 Å². The summed E-state index contributed by atoms with van der Waals surface area (Å²) in [6.45, 7) is 0.998. The standard InChI is InChI=1S/C19H22N2O4S/c1-25-17-9-11-18(12-10-17)26(23,24)20-16-8-5-13-21(14-16)19(22)15-6-3-2-4-7-15/h2-4,6-7,9-12,16,20H,5,8,13-14H2,1H3. The van der Waals surface area contributed by atoms with Crippen LogP contribution in [0.1, 0.15) is 23.2 Å². The Kier molecular flexibility index (Phi) is 5.58. The van der Waals surface area contributed by atoms with Gasteiger partial charge in [0.25, 0.3) is 5.91 Å². The molecule has 1 fully saturated rings. The minimum Gasteiger partial charge on any atom is -0.497 e. The number of methoxy groups -OCH3 is 1. The molecule has 1 aliphatic heterocycles. The van der Waals surface area contributed by atoms with Gasteiger partial charge in [0.2, 0.25) is 10.0 Å². The minimum absolute atomic E-state index is 0.0704. The number of benzene rings is 2. The number of nitrogens with one attached hydrogen (secondary N) is 1. The van der Waals surface area contributed by atoms with Crippen LogP contribution in [0.5, 0.6) is 5.75 Å². The Morgan fingerprint density at radius 1 is 1.12 bits per heavy atom. The topological polar surface area (TPSA) is 75.7 Å². The monoisotopic (exact) mass is 374 g/mol. The van der Waals surface area contributed by atoms with E-state index in [0.29, 0.717) is 30.8 Å². The average Bonchev–Trinajstić information content (AvgIpc) is 2.68. The zero-order chi connectivity index (χ0) is 18.6. The third kappa shape index (κ3) is 4.23. The predicted molar refractivity (Wildman–Crippen MR) is 98.7 cm³/mol. The largest absolute Gasteiger partial charge is 0.497 e. The van der Waals surface area contributed by atoms with Crippen molar-refractivity contribution >= 4 is 15.9 Å². The second-order valence-corrected chi connectivity index (χ2v) is 7.97. The first-order chi connectivity index (χ1) is 12.5. The van der Waals surface area contributed by atoms with E-state index < -0.39 is 10.0 Å². The first-order valence-electron chi connectivity index (χ1n) is 8.50. The van der Waals surface area contributed by atoms with Gasteiger partial charge in [-0.2, -0.15) is 0 Å². The molecule has 0 radical (unpaired) electrons. The Morgan fingerprint density at radius 2 is 1.81 bits per heavy atom. The lowest BCUT2D eigenvalue weighted by Crippen LogP contribution is -2.49. The molecule has 26 heavy (non-hydrogen) atoms. The van der Waals surface area contributed by atoms with E-state index in [0.717, 1.165) is 6.42 Å². The Bertz CT molecular complexity index is 851. The molecule has 1 heterocycles. The van der Waals surface area contributed by atoms with Crippen molar-refractivity contribution in [1.29, 1.82) is 0 Å². The normalized spacial score (nSPS) is 17.7. The Hall–Kier alpha value is -2.38. The number of ether oxygens (including phenoxy) is 1. The SMILES string of the molecule is COc1ccc(S(=O)(=O)NC2CCCN(C(=O)c3ccccc3)C2)cc1. The lowest BCUT2D eigenvalue weighted by Gasteiger charge is -2.33. The molecule has 1 aliphatic rings. The van der Waals surface area contributed by atoms with Crippen LogP contribution in [0.15, 0.2) is 59.5 Å². The van der Waals surface area contributed by atoms with Crippen molar-refractivity contribution < 1.29 is 17.9 Å². The second-order valence-electron chi connectivity index (χ2n) is 6.25. The summed E-state index contributed by atoms with van der Waals surface area (Å²) in [4.78, 5) is 14.5. The van der Waals surface area contributed by atoms with Crippen LogP contribution in [-0.4, -0.2) is 45.5 Å². The van der Waals surface area contributed by atoms with Gasteiger partial charge in [-0.25, -0.2) is 13.1 Å². The third-order valence-electron chi connectivity index (χ3n) is 4.42. The summed E-state index contributed by atoms with van der Waals surface area (Å²) in [5.74, 6) is 0.528. The number of carbonyl (C=O) groups is 1. The highest BCUT2D eigenvalue weighted by Crippen LogP contribution is 2.19. The van der Waals surface area contributed by atoms with Crippen LogP contribution in [0.25, 0.3) is 0 Å². The zero-order valence-electron chi connectivity index (χ0n) is 14.6. The second kappa shape index (κ2) is 7.88. The smallest absolute Gasteiger partial charge is 0.253 e. The van der Waals surface area contributed by atoms with Crippen molar-refractivity contribution in [3.63, 3.8) is 0 Å². The molecule has 6 nitrogen and oxygen atoms in total. The number of carbonyl (C=O) groups excluding carboxylic acids is 1. The number of rotatable bonds is 5. The Balaban J connectivity index is 1.68. The number of hydrogen-bond acceptors (Lipinski definition) is 4. The highest BCUT2D eigenvalue weighted by atomic mass is 32.2. The predicted octanol–water partition coefficient (Wildman–Crippen LogP) is 2.28. The molecule has 0 spiro atoms. The van der Waals surface area contributed by atoms with Gasteiger partial charge in [-0.05, 0) is 49.2 Å². The van der Waals surface area contributed by atoms with E-state index in [1.165, 1.54) is 19.2 Å². The molecular weight excluding hydrogens is 352 g/mol. The number of sulfonamides is 1. The van der Waals surface area contributed by atoms with E-state index in [1.54, 1.807) is 29.2 Å². The molecule has 2 aromatic carbocycles. The van der Waals surface area contributed by atoms with E-state index >= 15 is 0 Å². The van der Waals surface area contributed by atoms with E-state index in [9.17, 15) is 13.2 Å². The summed E-state index contributed by atoms with van der Waals surface area (Å²) < 4.78 is 33.0. The quantitative estimate of drug-likeness (QED) is 0.871. The van der Waals surface area contributed by atoms with Crippen LogP contribution in [0.3, 0.4) is 0 Å². The van der Waals surface area contributed by atoms with Crippen LogP contribution < -0.4 is 9.46 Å². The molecule has 138 valence electrons. The van der Waals surface area contributed by atoms with Gasteiger partial charge in [0.15, 0.2) is 0 Å². The molecule has 1 saturated heterocycles. The maximum atomic E-state index is 12.6. The zero-order valence-corrected chi connectivity index (χ0v) is 15.4. The molecular formula is C19H22N2O4S. The van der Waals surface area contributed by atoms with E-state index in [4.69, 9.17) is 4.74 Å². The highest BCUT2D eigenvalue weighted by molar-refractivity contribution is 7.89. The first kappa shape index (κ1) is 18.4. The van der Waals surface area contributed by atoms with Gasteiger partial charge in [-0.15, -0.1) is 0 Å². The summed E-state index contributed by atoms with van der Waals surface area (Å²) in [5, 5.41) is 0. The van der Waals surface area contributed by atoms with Gasteiger partial charge in [0, 0.05) is 24.7 Å². The summed E-state index contributed by atoms with van der Waals surface area (Å²) >= 11 is 0. The third-order valence-corrected chi connectivity index (χ3v) is 5.96. The molecule has 3 rings (SSSR count). The van der Waals surface area contributed by atoms with Crippen LogP contribution in [0, 0.1) is 0 Å². The highest BCUT2D eigenvalue weighted by Gasteiger charge is 2.28. The van der Waals surface area contributed by atoms with Crippen LogP contribution in [0.2, 0.25) is 0 Å². The maximum absolute atomic E-state index is 12.6. The number of amides is 1.